The predicted octanol–water partition coefficient (Wildman–Crippen LogP) is 4.73. The summed E-state index contributed by atoms with van der Waals surface area (Å²) in [6.07, 6.45) is 6.40. The summed E-state index contributed by atoms with van der Waals surface area (Å²) in [7, 11) is 1.63. The second-order valence-corrected chi connectivity index (χ2v) is 9.06. The van der Waals surface area contributed by atoms with E-state index in [-0.39, 0.29) is 4.59 Å². The lowest BCUT2D eigenvalue weighted by molar-refractivity contribution is 0.122. The number of amidine groups is 2. The van der Waals surface area contributed by atoms with E-state index in [1.807, 2.05) is 54.6 Å². The maximum absolute atomic E-state index is 10.6. The topological polar surface area (TPSA) is 82.2 Å². The Morgan fingerprint density at radius 2 is 1.84 bits per heavy atom. The molecule has 1 N–H and O–H groups in total. The summed E-state index contributed by atoms with van der Waals surface area (Å²) in [4.78, 5) is 7.10. The Balaban J connectivity index is 1.46. The normalized spacial score (nSPS) is 19.8. The molecule has 184 valence electrons. The maximum Gasteiger partial charge on any atom is 0.351 e. The van der Waals surface area contributed by atoms with Crippen molar-refractivity contribution >= 4 is 34.8 Å². The smallest absolute Gasteiger partial charge is 0.351 e. The monoisotopic (exact) mass is 491 g/mol. The molecule has 0 amide bonds. The van der Waals surface area contributed by atoms with Crippen molar-refractivity contribution in [2.75, 3.05) is 43.6 Å². The number of hydrogen-bond acceptors (Lipinski definition) is 7. The minimum atomic E-state index is -0.353. The lowest BCUT2D eigenvalue weighted by Gasteiger charge is -2.31. The Morgan fingerprint density at radius 3 is 2.57 bits per heavy atom. The molecule has 3 aromatic carbocycles. The van der Waals surface area contributed by atoms with Gasteiger partial charge in [0.15, 0.2) is 0 Å². The summed E-state index contributed by atoms with van der Waals surface area (Å²) in [6, 6.07) is 22.1. The van der Waals surface area contributed by atoms with Crippen LogP contribution in [0.15, 0.2) is 82.9 Å². The Hall–Kier alpha value is -4.45. The average molecular weight is 492 g/mol. The summed E-state index contributed by atoms with van der Waals surface area (Å²) in [6.45, 7) is 3.67. The number of quaternary nitrogens is 1. The molecule has 0 spiro atoms. The van der Waals surface area contributed by atoms with Crippen molar-refractivity contribution in [2.45, 2.75) is 6.54 Å². The van der Waals surface area contributed by atoms with Gasteiger partial charge in [-0.15, -0.1) is 5.26 Å². The summed E-state index contributed by atoms with van der Waals surface area (Å²) in [5.41, 5.74) is 5.66. The maximum atomic E-state index is 10.6. The Morgan fingerprint density at radius 1 is 1.05 bits per heavy atom. The number of nitrogens with zero attached hydrogens (tertiary/aromatic N) is 5. The highest BCUT2D eigenvalue weighted by atomic mass is 16.5. The van der Waals surface area contributed by atoms with Gasteiger partial charge in [0.25, 0.3) is 5.84 Å². The molecule has 8 heteroatoms. The van der Waals surface area contributed by atoms with Crippen molar-refractivity contribution in [1.29, 1.82) is 5.26 Å². The van der Waals surface area contributed by atoms with Crippen LogP contribution >= 0.6 is 0 Å². The molecular formula is C29H27N6O2+. The number of morpholine rings is 1. The third-order valence-electron chi connectivity index (χ3n) is 6.85. The van der Waals surface area contributed by atoms with Gasteiger partial charge in [-0.05, 0) is 57.7 Å². The molecule has 3 aliphatic rings. The van der Waals surface area contributed by atoms with Crippen LogP contribution in [-0.4, -0.2) is 45.1 Å². The molecule has 1 unspecified atom stereocenters. The fourth-order valence-electron chi connectivity index (χ4n) is 4.92. The zero-order chi connectivity index (χ0) is 25.2. The number of nitriles is 1. The van der Waals surface area contributed by atoms with Crippen molar-refractivity contribution < 1.29 is 9.47 Å². The van der Waals surface area contributed by atoms with Crippen LogP contribution in [0.1, 0.15) is 16.7 Å². The van der Waals surface area contributed by atoms with E-state index in [1.54, 1.807) is 7.11 Å². The SMILES string of the molecule is COc1ccc(C2=N[N+]3(C#N)C(=N2)C=Cc2cc(N4CCOCC4)cc(NCc4ccccc4)c23)cc1. The molecule has 3 aromatic rings. The molecular weight excluding hydrogens is 464 g/mol. The number of aliphatic imine (C=N–C) groups is 1. The Labute approximate surface area is 216 Å². The van der Waals surface area contributed by atoms with Crippen molar-refractivity contribution in [2.24, 2.45) is 10.1 Å². The van der Waals surface area contributed by atoms with Gasteiger partial charge in [0.2, 0.25) is 11.5 Å². The summed E-state index contributed by atoms with van der Waals surface area (Å²) in [5, 5.41) is 19.1. The van der Waals surface area contributed by atoms with Gasteiger partial charge in [0, 0.05) is 42.5 Å². The van der Waals surface area contributed by atoms with Gasteiger partial charge >= 0.3 is 6.19 Å². The number of anilines is 2. The van der Waals surface area contributed by atoms with Crippen molar-refractivity contribution in [3.63, 3.8) is 0 Å². The average Bonchev–Trinajstić information content (AvgIpc) is 3.37. The van der Waals surface area contributed by atoms with Crippen LogP contribution in [-0.2, 0) is 11.3 Å². The summed E-state index contributed by atoms with van der Waals surface area (Å²) < 4.78 is 10.5. The highest BCUT2D eigenvalue weighted by Gasteiger charge is 2.49. The predicted molar refractivity (Wildman–Crippen MR) is 147 cm³/mol. The van der Waals surface area contributed by atoms with Gasteiger partial charge in [-0.25, -0.2) is 0 Å². The van der Waals surface area contributed by atoms with Crippen LogP contribution in [0.4, 0.5) is 17.1 Å². The van der Waals surface area contributed by atoms with Gasteiger partial charge in [-0.3, -0.25) is 0 Å². The van der Waals surface area contributed by atoms with E-state index in [2.05, 4.69) is 40.7 Å². The first-order valence-electron chi connectivity index (χ1n) is 12.3. The molecule has 1 saturated heterocycles. The number of hydrogen-bond donors (Lipinski definition) is 1. The van der Waals surface area contributed by atoms with Crippen molar-refractivity contribution in [3.8, 4) is 11.9 Å². The van der Waals surface area contributed by atoms with Crippen molar-refractivity contribution in [1.82, 2.24) is 4.59 Å². The minimum absolute atomic E-state index is 0.353. The Bertz CT molecular complexity index is 1450. The second kappa shape index (κ2) is 9.54. The van der Waals surface area contributed by atoms with Gasteiger partial charge in [0.1, 0.15) is 11.4 Å². The van der Waals surface area contributed by atoms with E-state index in [0.29, 0.717) is 31.4 Å². The lowest BCUT2D eigenvalue weighted by Crippen LogP contribution is -2.44. The van der Waals surface area contributed by atoms with Crippen LogP contribution in [0, 0.1) is 11.5 Å². The quantitative estimate of drug-likeness (QED) is 0.398. The van der Waals surface area contributed by atoms with Crippen LogP contribution < -0.4 is 19.5 Å². The zero-order valence-corrected chi connectivity index (χ0v) is 20.6. The molecule has 6 rings (SSSR count). The molecule has 0 saturated carbocycles. The molecule has 0 bridgehead atoms. The van der Waals surface area contributed by atoms with Crippen LogP contribution in [0.5, 0.6) is 5.75 Å². The molecule has 8 nitrogen and oxygen atoms in total. The van der Waals surface area contributed by atoms with E-state index >= 15 is 0 Å². The second-order valence-electron chi connectivity index (χ2n) is 9.06. The molecule has 0 aliphatic carbocycles. The standard InChI is InChI=1S/C29H27N6O2/c1-36-25-10-7-22(8-11-25)29-32-27-12-9-23-17-24(34-13-15-37-16-14-34)18-26(28(23)35(27,20-30)33-29)31-19-21-5-3-2-4-6-21/h2-12,17-18,31H,13-16,19H2,1H3/q+1. The first kappa shape index (κ1) is 23.0. The van der Waals surface area contributed by atoms with Crippen LogP contribution in [0.2, 0.25) is 0 Å². The first-order chi connectivity index (χ1) is 18.2. The third kappa shape index (κ3) is 4.14. The van der Waals surface area contributed by atoms with Crippen LogP contribution in [0.25, 0.3) is 6.08 Å². The summed E-state index contributed by atoms with van der Waals surface area (Å²) >= 11 is 0. The number of benzene rings is 3. The van der Waals surface area contributed by atoms with Gasteiger partial charge in [-0.2, -0.15) is 4.99 Å². The van der Waals surface area contributed by atoms with E-state index < -0.39 is 0 Å². The number of rotatable bonds is 6. The minimum Gasteiger partial charge on any atom is -0.497 e. The molecule has 1 fully saturated rings. The van der Waals surface area contributed by atoms with Gasteiger partial charge in [0.05, 0.1) is 20.3 Å². The molecule has 1 atom stereocenters. The fraction of sp³-hybridized carbons (Fsp3) is 0.207. The highest BCUT2D eigenvalue weighted by Crippen LogP contribution is 2.45. The van der Waals surface area contributed by atoms with Gasteiger partial charge in [-0.1, -0.05) is 30.3 Å². The molecule has 3 aliphatic heterocycles. The number of ether oxygens (including phenoxy) is 2. The van der Waals surface area contributed by atoms with Crippen LogP contribution in [0.3, 0.4) is 0 Å². The zero-order valence-electron chi connectivity index (χ0n) is 20.6. The van der Waals surface area contributed by atoms with Gasteiger partial charge < -0.3 is 19.7 Å². The van der Waals surface area contributed by atoms with E-state index in [0.717, 1.165) is 52.6 Å². The van der Waals surface area contributed by atoms with E-state index in [4.69, 9.17) is 19.6 Å². The molecule has 0 radical (unpaired) electrons. The first-order valence-corrected chi connectivity index (χ1v) is 12.3. The molecule has 37 heavy (non-hydrogen) atoms. The van der Waals surface area contributed by atoms with Crippen molar-refractivity contribution in [3.05, 3.63) is 89.5 Å². The molecule has 3 heterocycles. The number of fused-ring (bicyclic) bond motifs is 3. The van der Waals surface area contributed by atoms with E-state index in [1.165, 1.54) is 0 Å². The summed E-state index contributed by atoms with van der Waals surface area (Å²) in [5.74, 6) is 1.84. The Kier molecular flexibility index (Phi) is 5.93. The third-order valence-corrected chi connectivity index (χ3v) is 6.85. The lowest BCUT2D eigenvalue weighted by atomic mass is 10.0. The number of nitrogens with one attached hydrogen (secondary N) is 1. The molecule has 0 aromatic heterocycles. The highest BCUT2D eigenvalue weighted by molar-refractivity contribution is 6.21. The van der Waals surface area contributed by atoms with E-state index in [9.17, 15) is 5.26 Å². The largest absolute Gasteiger partial charge is 0.497 e. The fourth-order valence-corrected chi connectivity index (χ4v) is 4.92. The number of methoxy groups -OCH3 is 1.